The molecule has 4 nitrogen and oxygen atoms in total. The lowest BCUT2D eigenvalue weighted by molar-refractivity contribution is 1.18. The Bertz CT molecular complexity index is 925. The van der Waals surface area contributed by atoms with Crippen molar-refractivity contribution in [3.8, 4) is 0 Å². The third-order valence-corrected chi connectivity index (χ3v) is 3.88. The molecule has 0 heterocycles. The molecule has 0 unspecified atom stereocenters. The summed E-state index contributed by atoms with van der Waals surface area (Å²) in [6.07, 6.45) is 0. The zero-order valence-electron chi connectivity index (χ0n) is 16.6. The van der Waals surface area contributed by atoms with Gasteiger partial charge in [-0.2, -0.15) is 20.5 Å². The van der Waals surface area contributed by atoms with Crippen LogP contribution in [0.15, 0.2) is 87.2 Å². The van der Waals surface area contributed by atoms with Crippen LogP contribution in [0.5, 0.6) is 0 Å². The van der Waals surface area contributed by atoms with Crippen LogP contribution in [0.3, 0.4) is 0 Å². The Balaban J connectivity index is 0.00000126. The second-order valence-electron chi connectivity index (χ2n) is 5.99. The van der Waals surface area contributed by atoms with Crippen LogP contribution in [0, 0.1) is 20.8 Å². The van der Waals surface area contributed by atoms with Crippen LogP contribution in [0.4, 0.5) is 22.7 Å². The topological polar surface area (TPSA) is 49.4 Å². The molecule has 0 atom stereocenters. The summed E-state index contributed by atoms with van der Waals surface area (Å²) in [6.45, 7) is 10.1. The minimum absolute atomic E-state index is 0.801. The average molecular weight is 358 g/mol. The highest BCUT2D eigenvalue weighted by atomic mass is 15.1. The van der Waals surface area contributed by atoms with Crippen molar-refractivity contribution in [2.75, 3.05) is 0 Å². The quantitative estimate of drug-likeness (QED) is 0.420. The van der Waals surface area contributed by atoms with E-state index in [1.54, 1.807) is 0 Å². The molecular weight excluding hydrogens is 332 g/mol. The van der Waals surface area contributed by atoms with Crippen molar-refractivity contribution in [3.63, 3.8) is 0 Å². The summed E-state index contributed by atoms with van der Waals surface area (Å²) in [6, 6.07) is 21.7. The predicted octanol–water partition coefficient (Wildman–Crippen LogP) is 8.47. The van der Waals surface area contributed by atoms with E-state index in [2.05, 4.69) is 27.4 Å². The summed E-state index contributed by atoms with van der Waals surface area (Å²) in [7, 11) is 0. The first kappa shape index (κ1) is 20.2. The molecule has 0 radical (unpaired) electrons. The first-order valence-electron chi connectivity index (χ1n) is 9.18. The summed E-state index contributed by atoms with van der Waals surface area (Å²) >= 11 is 0. The van der Waals surface area contributed by atoms with Gasteiger partial charge in [0.05, 0.1) is 22.7 Å². The van der Waals surface area contributed by atoms with Gasteiger partial charge in [-0.1, -0.05) is 49.7 Å². The molecule has 0 aromatic heterocycles. The highest BCUT2D eigenvalue weighted by Gasteiger charge is 2.00. The monoisotopic (exact) mass is 358 g/mol. The fourth-order valence-corrected chi connectivity index (χ4v) is 2.32. The summed E-state index contributed by atoms with van der Waals surface area (Å²) in [5, 5.41) is 17.3. The number of rotatable bonds is 4. The third kappa shape index (κ3) is 5.96. The lowest BCUT2D eigenvalue weighted by Crippen LogP contribution is -1.75. The van der Waals surface area contributed by atoms with Crippen LogP contribution in [-0.2, 0) is 0 Å². The summed E-state index contributed by atoms with van der Waals surface area (Å²) in [4.78, 5) is 0. The summed E-state index contributed by atoms with van der Waals surface area (Å²) in [5.41, 5.74) is 6.67. The minimum atomic E-state index is 0.801. The van der Waals surface area contributed by atoms with Gasteiger partial charge >= 0.3 is 0 Å². The van der Waals surface area contributed by atoms with Crippen LogP contribution in [0.2, 0.25) is 0 Å². The Labute approximate surface area is 161 Å². The van der Waals surface area contributed by atoms with Gasteiger partial charge in [-0.25, -0.2) is 0 Å². The number of azo groups is 2. The van der Waals surface area contributed by atoms with E-state index in [1.165, 1.54) is 5.56 Å². The number of aryl methyl sites for hydroxylation is 3. The van der Waals surface area contributed by atoms with E-state index >= 15 is 0 Å². The molecule has 138 valence electrons. The van der Waals surface area contributed by atoms with Gasteiger partial charge < -0.3 is 0 Å². The standard InChI is InChI=1S/C21H20N4.C2H6/c1-15-8-10-18(11-9-15)22-25-21-13-12-19(14-17(21)3)23-24-20-7-5-4-6-16(20)2;1-2/h4-14H,1-3H3;1-2H3. The SMILES string of the molecule is CC.Cc1ccc(N=Nc2ccc(N=Nc3ccccc3C)cc2C)cc1. The first-order valence-corrected chi connectivity index (χ1v) is 9.18. The minimum Gasteiger partial charge on any atom is -0.151 e. The zero-order chi connectivity index (χ0) is 19.6. The number of hydrogen-bond donors (Lipinski definition) is 0. The number of hydrogen-bond acceptors (Lipinski definition) is 4. The van der Waals surface area contributed by atoms with Gasteiger partial charge in [-0.05, 0) is 68.3 Å². The smallest absolute Gasteiger partial charge is 0.0887 e. The number of benzene rings is 3. The van der Waals surface area contributed by atoms with Crippen molar-refractivity contribution in [2.45, 2.75) is 34.6 Å². The zero-order valence-corrected chi connectivity index (χ0v) is 16.6. The Kier molecular flexibility index (Phi) is 7.56. The van der Waals surface area contributed by atoms with E-state index in [0.29, 0.717) is 0 Å². The van der Waals surface area contributed by atoms with Gasteiger partial charge in [0.15, 0.2) is 0 Å². The highest BCUT2D eigenvalue weighted by molar-refractivity contribution is 5.54. The number of nitrogens with zero attached hydrogens (tertiary/aromatic N) is 4. The Morgan fingerprint density at radius 3 is 1.70 bits per heavy atom. The molecule has 4 heteroatoms. The maximum Gasteiger partial charge on any atom is 0.0887 e. The van der Waals surface area contributed by atoms with Gasteiger partial charge in [0.2, 0.25) is 0 Å². The van der Waals surface area contributed by atoms with E-state index in [4.69, 9.17) is 0 Å². The van der Waals surface area contributed by atoms with Crippen LogP contribution in [-0.4, -0.2) is 0 Å². The predicted molar refractivity (Wildman–Crippen MR) is 113 cm³/mol. The van der Waals surface area contributed by atoms with Crippen LogP contribution < -0.4 is 0 Å². The molecule has 0 bridgehead atoms. The van der Waals surface area contributed by atoms with Gasteiger partial charge in [0.25, 0.3) is 0 Å². The van der Waals surface area contributed by atoms with E-state index in [-0.39, 0.29) is 0 Å². The van der Waals surface area contributed by atoms with Crippen LogP contribution >= 0.6 is 0 Å². The Morgan fingerprint density at radius 2 is 1.07 bits per heavy atom. The van der Waals surface area contributed by atoms with Gasteiger partial charge in [0, 0.05) is 0 Å². The summed E-state index contributed by atoms with van der Waals surface area (Å²) < 4.78 is 0. The normalized spacial score (nSPS) is 10.9. The molecule has 27 heavy (non-hydrogen) atoms. The van der Waals surface area contributed by atoms with E-state index in [1.807, 2.05) is 94.4 Å². The van der Waals surface area contributed by atoms with Crippen molar-refractivity contribution in [3.05, 3.63) is 83.4 Å². The maximum absolute atomic E-state index is 4.33. The second kappa shape index (κ2) is 10.1. The van der Waals surface area contributed by atoms with Crippen molar-refractivity contribution < 1.29 is 0 Å². The molecule has 3 rings (SSSR count). The van der Waals surface area contributed by atoms with Gasteiger partial charge in [-0.15, -0.1) is 0 Å². The van der Waals surface area contributed by atoms with Crippen molar-refractivity contribution in [2.24, 2.45) is 20.5 Å². The summed E-state index contributed by atoms with van der Waals surface area (Å²) in [5.74, 6) is 0. The first-order chi connectivity index (χ1) is 13.1. The molecule has 0 amide bonds. The molecule has 0 N–H and O–H groups in total. The fourth-order valence-electron chi connectivity index (χ4n) is 2.32. The average Bonchev–Trinajstić information content (AvgIpc) is 2.69. The molecule has 0 aliphatic carbocycles. The van der Waals surface area contributed by atoms with E-state index in [0.717, 1.165) is 33.9 Å². The van der Waals surface area contributed by atoms with Crippen LogP contribution in [0.25, 0.3) is 0 Å². The molecule has 3 aromatic rings. The molecular formula is C23H26N4. The Hall–Kier alpha value is -3.14. The lowest BCUT2D eigenvalue weighted by atomic mass is 10.2. The highest BCUT2D eigenvalue weighted by Crippen LogP contribution is 2.28. The lowest BCUT2D eigenvalue weighted by Gasteiger charge is -2.01. The third-order valence-electron chi connectivity index (χ3n) is 3.88. The van der Waals surface area contributed by atoms with Crippen molar-refractivity contribution in [1.29, 1.82) is 0 Å². The molecule has 0 saturated heterocycles. The fraction of sp³-hybridized carbons (Fsp3) is 0.217. The van der Waals surface area contributed by atoms with Gasteiger partial charge in [0.1, 0.15) is 0 Å². The molecule has 0 spiro atoms. The molecule has 0 fully saturated rings. The van der Waals surface area contributed by atoms with Gasteiger partial charge in [-0.3, -0.25) is 0 Å². The van der Waals surface area contributed by atoms with E-state index < -0.39 is 0 Å². The largest absolute Gasteiger partial charge is 0.151 e. The maximum atomic E-state index is 4.33. The van der Waals surface area contributed by atoms with Crippen LogP contribution in [0.1, 0.15) is 30.5 Å². The molecule has 3 aromatic carbocycles. The molecule has 0 saturated carbocycles. The molecule has 0 aliphatic rings. The Morgan fingerprint density at radius 1 is 0.519 bits per heavy atom. The second-order valence-corrected chi connectivity index (χ2v) is 5.99. The van der Waals surface area contributed by atoms with Crippen molar-refractivity contribution in [1.82, 2.24) is 0 Å². The van der Waals surface area contributed by atoms with E-state index in [9.17, 15) is 0 Å². The van der Waals surface area contributed by atoms with Crippen molar-refractivity contribution >= 4 is 22.7 Å². The molecule has 0 aliphatic heterocycles.